The Bertz CT molecular complexity index is 4450. The van der Waals surface area contributed by atoms with Crippen LogP contribution in [0.15, 0.2) is 170 Å². The SMILES string of the molecule is CCCc1nc(-c2[c-]ccc(-c3ccc(C(C)(C)C)cc3)c2)nn1C.CCCc1nc(-c2[c-]cccc2)nn1-c1cc(C(C)(C)C)cc(C(C)(C)C)c1.CCCc1nc(-c2[c-]cccc2)nn1-c1cc(C)ccc1C.Cc1nc(-c2[c-]cc(F)cc2F)nn1-c1ccccc1.[Ir].[Ir].[Ir].[Ir]. The van der Waals surface area contributed by atoms with E-state index in [9.17, 15) is 8.78 Å². The first-order valence-corrected chi connectivity index (χ1v) is 32.8. The van der Waals surface area contributed by atoms with Crippen molar-refractivity contribution in [1.82, 2.24) is 59.1 Å². The molecule has 0 aliphatic heterocycles. The smallest absolute Gasteiger partial charge is 0.122 e. The molecule has 4 radical (unpaired) electrons. The minimum Gasteiger partial charge on any atom is -0.265 e. The fraction of sp³-hybridized carbons (Fsp3) is 0.309. The molecule has 526 valence electrons. The number of hydrogen-bond acceptors (Lipinski definition) is 8. The van der Waals surface area contributed by atoms with E-state index in [4.69, 9.17) is 20.2 Å². The van der Waals surface area contributed by atoms with Gasteiger partial charge in [-0.3, -0.25) is 33.4 Å². The molecular formula is C81H88F2Ir4N12-4. The van der Waals surface area contributed by atoms with Crippen molar-refractivity contribution in [3.63, 3.8) is 0 Å². The summed E-state index contributed by atoms with van der Waals surface area (Å²) in [6, 6.07) is 67.5. The molecule has 0 N–H and O–H groups in total. The van der Waals surface area contributed by atoms with E-state index in [0.717, 1.165) is 119 Å². The van der Waals surface area contributed by atoms with Gasteiger partial charge in [0.05, 0.1) is 34.5 Å². The van der Waals surface area contributed by atoms with Gasteiger partial charge in [-0.25, -0.2) is 19.1 Å². The Morgan fingerprint density at radius 2 is 0.919 bits per heavy atom. The quantitative estimate of drug-likeness (QED) is 0.0987. The minimum atomic E-state index is -0.727. The molecule has 0 aliphatic carbocycles. The maximum atomic E-state index is 13.7. The fourth-order valence-corrected chi connectivity index (χ4v) is 10.5. The molecule has 4 aromatic heterocycles. The first-order chi connectivity index (χ1) is 45.3. The molecule has 99 heavy (non-hydrogen) atoms. The standard InChI is InChI=1S/C25H32N3.C22H26N3.C19H20N3.C15H10F2N3.4Ir/c1-8-12-22-26-23(18-13-10-9-11-14-18)27-28(22)21-16-19(24(2,3)4)15-20(17-21)25(5,6)7;1-6-8-20-23-21(24-25(20)5)18-10-7-9-17(15-18)16-11-13-19(14-12-16)22(2,3)4;1-4-8-18-20-19(16-9-6-5-7-10-16)21-22(18)17-13-14(2)11-12-15(17)3;1-10-18-15(13-8-7-11(16)9-14(13)17)19-20(10)12-5-3-2-4-6-12;;;;/h9-11,13,15-17H,8,12H2,1-7H3;7,9,11-15H,6,8H2,1-5H3;5-7,9,11-13H,4,8H2,1-3H3;2-7,9H,1H3;;;;/q4*-1;;;;. The summed E-state index contributed by atoms with van der Waals surface area (Å²) in [6.45, 7) is 32.8. The van der Waals surface area contributed by atoms with Gasteiger partial charge in [-0.05, 0) is 120 Å². The number of nitrogens with zero attached hydrogens (tertiary/aromatic N) is 12. The first-order valence-electron chi connectivity index (χ1n) is 32.8. The van der Waals surface area contributed by atoms with Crippen LogP contribution in [0.5, 0.6) is 0 Å². The van der Waals surface area contributed by atoms with Crippen LogP contribution in [-0.4, -0.2) is 59.1 Å². The molecule has 0 fully saturated rings. The van der Waals surface area contributed by atoms with Crippen molar-refractivity contribution in [1.29, 1.82) is 0 Å². The summed E-state index contributed by atoms with van der Waals surface area (Å²) >= 11 is 0. The molecule has 12 aromatic rings. The van der Waals surface area contributed by atoms with Gasteiger partial charge in [-0.2, -0.15) is 15.3 Å². The average Bonchev–Trinajstić information content (AvgIpc) is 1.65. The summed E-state index contributed by atoms with van der Waals surface area (Å²) in [7, 11) is 1.95. The third-order valence-corrected chi connectivity index (χ3v) is 16.0. The number of hydrogen-bond donors (Lipinski definition) is 0. The van der Waals surface area contributed by atoms with Crippen LogP contribution in [0.3, 0.4) is 0 Å². The molecule has 0 saturated carbocycles. The Hall–Kier alpha value is -7.22. The molecule has 12 rings (SSSR count). The van der Waals surface area contributed by atoms with E-state index in [1.165, 1.54) is 38.9 Å². The topological polar surface area (TPSA) is 123 Å². The monoisotopic (exact) mass is 2040 g/mol. The molecule has 0 saturated heterocycles. The van der Waals surface area contributed by atoms with E-state index >= 15 is 0 Å². The zero-order chi connectivity index (χ0) is 68.2. The predicted molar refractivity (Wildman–Crippen MR) is 380 cm³/mol. The van der Waals surface area contributed by atoms with Gasteiger partial charge in [0.25, 0.3) is 0 Å². The average molecular weight is 2040 g/mol. The van der Waals surface area contributed by atoms with Gasteiger partial charge in [0.1, 0.15) is 29.1 Å². The van der Waals surface area contributed by atoms with E-state index in [1.807, 2.05) is 106 Å². The van der Waals surface area contributed by atoms with Crippen LogP contribution in [0.4, 0.5) is 8.78 Å². The van der Waals surface area contributed by atoms with Crippen LogP contribution in [-0.2, 0) is 123 Å². The summed E-state index contributed by atoms with van der Waals surface area (Å²) in [6.07, 6.45) is 5.88. The third kappa shape index (κ3) is 21.7. The molecule has 12 nitrogen and oxygen atoms in total. The van der Waals surface area contributed by atoms with Crippen LogP contribution in [0.25, 0.3) is 73.7 Å². The van der Waals surface area contributed by atoms with Crippen molar-refractivity contribution in [3.05, 3.63) is 257 Å². The van der Waals surface area contributed by atoms with E-state index < -0.39 is 11.6 Å². The van der Waals surface area contributed by atoms with E-state index in [2.05, 4.69) is 214 Å². The predicted octanol–water partition coefficient (Wildman–Crippen LogP) is 19.1. The second-order valence-corrected chi connectivity index (χ2v) is 27.0. The van der Waals surface area contributed by atoms with Gasteiger partial charge in [-0.1, -0.05) is 155 Å². The number of benzene rings is 8. The molecule has 8 aromatic carbocycles. The number of para-hydroxylation sites is 1. The minimum absolute atomic E-state index is 0. The number of rotatable bonds is 14. The van der Waals surface area contributed by atoms with Crippen molar-refractivity contribution in [2.75, 3.05) is 0 Å². The molecule has 4 heterocycles. The van der Waals surface area contributed by atoms with Crippen molar-refractivity contribution >= 4 is 0 Å². The van der Waals surface area contributed by atoms with E-state index in [-0.39, 0.29) is 108 Å². The molecule has 0 spiro atoms. The number of aryl methyl sites for hydroxylation is 7. The van der Waals surface area contributed by atoms with Gasteiger partial charge in [0, 0.05) is 118 Å². The van der Waals surface area contributed by atoms with Gasteiger partial charge < -0.3 is 0 Å². The molecule has 0 unspecified atom stereocenters. The summed E-state index contributed by atoms with van der Waals surface area (Å²) < 4.78 is 34.1. The third-order valence-electron chi connectivity index (χ3n) is 16.0. The van der Waals surface area contributed by atoms with Gasteiger partial charge in [0.15, 0.2) is 0 Å². The Morgan fingerprint density at radius 3 is 1.45 bits per heavy atom. The van der Waals surface area contributed by atoms with Gasteiger partial charge >= 0.3 is 0 Å². The van der Waals surface area contributed by atoms with Crippen LogP contribution >= 0.6 is 0 Å². The van der Waals surface area contributed by atoms with E-state index in [0.29, 0.717) is 5.82 Å². The Balaban J connectivity index is 0.000000236. The summed E-state index contributed by atoms with van der Waals surface area (Å²) in [5.41, 5.74) is 15.0. The zero-order valence-corrected chi connectivity index (χ0v) is 68.9. The molecule has 0 bridgehead atoms. The Kier molecular flexibility index (Phi) is 30.7. The maximum absolute atomic E-state index is 13.7. The van der Waals surface area contributed by atoms with Gasteiger partial charge in [-0.15, -0.1) is 119 Å². The zero-order valence-electron chi connectivity index (χ0n) is 59.4. The normalized spacial score (nSPS) is 11.1. The summed E-state index contributed by atoms with van der Waals surface area (Å²) in [5, 5.41) is 18.4. The molecule has 18 heteroatoms. The van der Waals surface area contributed by atoms with Gasteiger partial charge in [0.2, 0.25) is 0 Å². The maximum Gasteiger partial charge on any atom is 0.122 e. The fourth-order valence-electron chi connectivity index (χ4n) is 10.5. The second kappa shape index (κ2) is 36.9. The van der Waals surface area contributed by atoms with Crippen LogP contribution in [0.1, 0.15) is 153 Å². The van der Waals surface area contributed by atoms with Crippen LogP contribution in [0, 0.1) is 56.7 Å². The summed E-state index contributed by atoms with van der Waals surface area (Å²) in [4.78, 5) is 18.5. The molecule has 0 amide bonds. The second-order valence-electron chi connectivity index (χ2n) is 27.0. The van der Waals surface area contributed by atoms with Crippen LogP contribution < -0.4 is 0 Å². The first kappa shape index (κ1) is 82.4. The molecule has 0 atom stereocenters. The van der Waals surface area contributed by atoms with Crippen molar-refractivity contribution in [3.8, 4) is 73.7 Å². The number of aromatic nitrogens is 12. The van der Waals surface area contributed by atoms with Crippen molar-refractivity contribution < 1.29 is 89.2 Å². The molecular weight excluding hydrogens is 1950 g/mol. The van der Waals surface area contributed by atoms with E-state index in [1.54, 1.807) is 11.6 Å². The number of halogens is 2. The Labute approximate surface area is 639 Å². The Morgan fingerprint density at radius 1 is 0.414 bits per heavy atom. The van der Waals surface area contributed by atoms with Crippen molar-refractivity contribution in [2.24, 2.45) is 7.05 Å². The van der Waals surface area contributed by atoms with Crippen molar-refractivity contribution in [2.45, 2.75) is 159 Å². The molecule has 0 aliphatic rings. The van der Waals surface area contributed by atoms with Crippen LogP contribution in [0.2, 0.25) is 0 Å². The largest absolute Gasteiger partial charge is 0.265 e. The summed E-state index contributed by atoms with van der Waals surface area (Å²) in [5.74, 6) is 4.65.